The van der Waals surface area contributed by atoms with Gasteiger partial charge in [-0.3, -0.25) is 4.79 Å². The van der Waals surface area contributed by atoms with Gasteiger partial charge in [0.15, 0.2) is 0 Å². The van der Waals surface area contributed by atoms with E-state index in [1.807, 2.05) is 5.10 Å². The van der Waals surface area contributed by atoms with Crippen molar-refractivity contribution in [3.05, 3.63) is 40.4 Å². The highest BCUT2D eigenvalue weighted by Crippen LogP contribution is 2.27. The van der Waals surface area contributed by atoms with Crippen LogP contribution in [-0.2, 0) is 6.18 Å². The summed E-state index contributed by atoms with van der Waals surface area (Å²) in [4.78, 5) is 12.4. The number of halogens is 3. The summed E-state index contributed by atoms with van der Waals surface area (Å²) in [5, 5.41) is 8.64. The molecule has 0 saturated carbocycles. The van der Waals surface area contributed by atoms with E-state index < -0.39 is 17.8 Å². The van der Waals surface area contributed by atoms with Crippen LogP contribution in [0.1, 0.15) is 48.8 Å². The molecule has 10 heteroatoms. The van der Waals surface area contributed by atoms with Crippen molar-refractivity contribution in [3.63, 3.8) is 0 Å². The maximum absolute atomic E-state index is 12.9. The van der Waals surface area contributed by atoms with E-state index in [4.69, 9.17) is 17.0 Å². The molecule has 0 aliphatic carbocycles. The van der Waals surface area contributed by atoms with Gasteiger partial charge >= 0.3 is 6.18 Å². The lowest BCUT2D eigenvalue weighted by Gasteiger charge is -2.09. The highest BCUT2D eigenvalue weighted by molar-refractivity contribution is 7.71. The molecular weight excluding hydrogens is 381 g/mol. The number of hydrogen-bond donors (Lipinski definition) is 1. The summed E-state index contributed by atoms with van der Waals surface area (Å²) in [6.45, 7) is 2.55. The minimum Gasteiger partial charge on any atom is -0.493 e. The molecular formula is C17H19F3N4O2S. The second-order valence-corrected chi connectivity index (χ2v) is 6.06. The first-order valence-corrected chi connectivity index (χ1v) is 8.80. The Labute approximate surface area is 159 Å². The lowest BCUT2D eigenvalue weighted by atomic mass is 10.1. The van der Waals surface area contributed by atoms with Crippen molar-refractivity contribution in [2.75, 3.05) is 6.61 Å². The Morgan fingerprint density at radius 1 is 1.33 bits per heavy atom. The third-order valence-corrected chi connectivity index (χ3v) is 3.87. The van der Waals surface area contributed by atoms with Crippen molar-refractivity contribution in [1.82, 2.24) is 14.9 Å². The average Bonchev–Trinajstić information content (AvgIpc) is 3.01. The molecule has 0 aliphatic rings. The molecule has 0 spiro atoms. The molecule has 0 atom stereocenters. The molecule has 2 aromatic rings. The van der Waals surface area contributed by atoms with Gasteiger partial charge in [-0.05, 0) is 30.8 Å². The van der Waals surface area contributed by atoms with Crippen molar-refractivity contribution in [2.45, 2.75) is 38.8 Å². The Hall–Kier alpha value is -2.49. The standard InChI is InChI=1S/C17H19F3N4O2S/c1-2-3-4-7-10-26-14-9-6-5-8-12(14)13(25)11-21-24-15(17(18,19)20)22-23-16(24)27/h5-6,8-9,11H,2-4,7,10H2,1H3,(H,23,27)/b21-11-. The number of benzene rings is 1. The number of aromatic amines is 1. The number of ether oxygens (including phenoxy) is 1. The number of aromatic nitrogens is 3. The summed E-state index contributed by atoms with van der Waals surface area (Å²) in [6.07, 6.45) is 0.0787. The first-order chi connectivity index (χ1) is 12.8. The van der Waals surface area contributed by atoms with E-state index in [1.165, 1.54) is 6.07 Å². The minimum absolute atomic E-state index is 0.209. The summed E-state index contributed by atoms with van der Waals surface area (Å²) in [5.74, 6) is -1.58. The van der Waals surface area contributed by atoms with Gasteiger partial charge in [0.05, 0.1) is 18.4 Å². The first kappa shape index (κ1) is 20.8. The molecule has 1 heterocycles. The number of H-pyrrole nitrogens is 1. The van der Waals surface area contributed by atoms with Gasteiger partial charge in [-0.25, -0.2) is 5.10 Å². The molecule has 0 fully saturated rings. The van der Waals surface area contributed by atoms with Crippen LogP contribution in [0.2, 0.25) is 0 Å². The first-order valence-electron chi connectivity index (χ1n) is 8.39. The highest BCUT2D eigenvalue weighted by atomic mass is 32.1. The van der Waals surface area contributed by atoms with Crippen molar-refractivity contribution >= 4 is 24.2 Å². The van der Waals surface area contributed by atoms with E-state index >= 15 is 0 Å². The third kappa shape index (κ3) is 5.75. The molecule has 1 aromatic carbocycles. The van der Waals surface area contributed by atoms with E-state index in [0.29, 0.717) is 17.0 Å². The number of ketones is 1. The summed E-state index contributed by atoms with van der Waals surface area (Å²) in [6, 6.07) is 6.50. The largest absolute Gasteiger partial charge is 0.493 e. The minimum atomic E-state index is -4.76. The van der Waals surface area contributed by atoms with Gasteiger partial charge in [0, 0.05) is 0 Å². The zero-order chi connectivity index (χ0) is 19.9. The molecule has 0 aliphatic heterocycles. The quantitative estimate of drug-likeness (QED) is 0.288. The number of para-hydroxylation sites is 1. The van der Waals surface area contributed by atoms with E-state index in [0.717, 1.165) is 31.9 Å². The third-order valence-electron chi connectivity index (χ3n) is 3.60. The number of rotatable bonds is 9. The van der Waals surface area contributed by atoms with Gasteiger partial charge < -0.3 is 4.74 Å². The highest BCUT2D eigenvalue weighted by Gasteiger charge is 2.37. The monoisotopic (exact) mass is 400 g/mol. The van der Waals surface area contributed by atoms with E-state index in [-0.39, 0.29) is 10.3 Å². The number of carbonyl (C=O) groups excluding carboxylic acids is 1. The van der Waals surface area contributed by atoms with Gasteiger partial charge in [-0.2, -0.15) is 22.9 Å². The fourth-order valence-electron chi connectivity index (χ4n) is 2.27. The van der Waals surface area contributed by atoms with Crippen LogP contribution in [0, 0.1) is 4.77 Å². The topological polar surface area (TPSA) is 72.3 Å². The SMILES string of the molecule is CCCCCCOc1ccccc1C(=O)/C=N\n1c(C(F)(F)F)n[nH]c1=S. The molecule has 146 valence electrons. The van der Waals surface area contributed by atoms with E-state index in [2.05, 4.69) is 17.1 Å². The van der Waals surface area contributed by atoms with E-state index in [9.17, 15) is 18.0 Å². The molecule has 27 heavy (non-hydrogen) atoms. The van der Waals surface area contributed by atoms with Crippen molar-refractivity contribution < 1.29 is 22.7 Å². The Bertz CT molecular complexity index is 858. The van der Waals surface area contributed by atoms with Gasteiger partial charge in [-0.1, -0.05) is 38.3 Å². The number of alkyl halides is 3. The summed E-state index contributed by atoms with van der Waals surface area (Å²) in [7, 11) is 0. The maximum Gasteiger partial charge on any atom is 0.453 e. The lowest BCUT2D eigenvalue weighted by Crippen LogP contribution is -2.14. The average molecular weight is 400 g/mol. The normalized spacial score (nSPS) is 11.9. The fourth-order valence-corrected chi connectivity index (χ4v) is 2.45. The van der Waals surface area contributed by atoms with Crippen LogP contribution in [0.3, 0.4) is 0 Å². The zero-order valence-electron chi connectivity index (χ0n) is 14.6. The molecule has 0 bridgehead atoms. The number of hydrogen-bond acceptors (Lipinski definition) is 5. The molecule has 1 N–H and O–H groups in total. The van der Waals surface area contributed by atoms with Gasteiger partial charge in [-0.15, -0.1) is 5.10 Å². The van der Waals surface area contributed by atoms with Crippen LogP contribution in [0.5, 0.6) is 5.75 Å². The summed E-state index contributed by atoms with van der Waals surface area (Å²) < 4.78 is 44.2. The van der Waals surface area contributed by atoms with Crippen LogP contribution < -0.4 is 4.74 Å². The zero-order valence-corrected chi connectivity index (χ0v) is 15.4. The van der Waals surface area contributed by atoms with Gasteiger partial charge in [0.25, 0.3) is 5.82 Å². The van der Waals surface area contributed by atoms with Gasteiger partial charge in [0.1, 0.15) is 5.75 Å². The predicted octanol–water partition coefficient (Wildman–Crippen LogP) is 4.64. The second kappa shape index (κ2) is 9.45. The lowest BCUT2D eigenvalue weighted by molar-refractivity contribution is -0.147. The van der Waals surface area contributed by atoms with Crippen LogP contribution in [0.25, 0.3) is 0 Å². The number of Topliss-reactive ketones (excluding diaryl/α,β-unsaturated/α-hetero) is 1. The summed E-state index contributed by atoms with van der Waals surface area (Å²) >= 11 is 4.72. The van der Waals surface area contributed by atoms with Crippen LogP contribution in [0.4, 0.5) is 13.2 Å². The Kier molecular flexibility index (Phi) is 7.28. The molecule has 0 unspecified atom stereocenters. The molecule has 6 nitrogen and oxygen atoms in total. The molecule has 2 rings (SSSR count). The Morgan fingerprint density at radius 3 is 2.78 bits per heavy atom. The molecule has 1 aromatic heterocycles. The van der Waals surface area contributed by atoms with Crippen molar-refractivity contribution in [2.24, 2.45) is 5.10 Å². The number of nitrogens with zero attached hydrogens (tertiary/aromatic N) is 3. The number of unbranched alkanes of at least 4 members (excludes halogenated alkanes) is 3. The van der Waals surface area contributed by atoms with Crippen molar-refractivity contribution in [3.8, 4) is 5.75 Å². The van der Waals surface area contributed by atoms with Crippen molar-refractivity contribution in [1.29, 1.82) is 0 Å². The van der Waals surface area contributed by atoms with Crippen LogP contribution in [0.15, 0.2) is 29.4 Å². The molecule has 0 radical (unpaired) electrons. The summed E-state index contributed by atoms with van der Waals surface area (Å²) in [5.41, 5.74) is 0.209. The fraction of sp³-hybridized carbons (Fsp3) is 0.412. The predicted molar refractivity (Wildman–Crippen MR) is 96.7 cm³/mol. The maximum atomic E-state index is 12.9. The smallest absolute Gasteiger partial charge is 0.453 e. The number of nitrogens with one attached hydrogen (secondary N) is 1. The van der Waals surface area contributed by atoms with Gasteiger partial charge in [0.2, 0.25) is 10.6 Å². The molecule has 0 amide bonds. The Morgan fingerprint density at radius 2 is 2.07 bits per heavy atom. The molecule has 0 saturated heterocycles. The Balaban J connectivity index is 2.14. The number of carbonyl (C=O) groups is 1. The van der Waals surface area contributed by atoms with Crippen LogP contribution in [-0.4, -0.2) is 33.5 Å². The van der Waals surface area contributed by atoms with E-state index in [1.54, 1.807) is 18.2 Å². The van der Waals surface area contributed by atoms with Crippen LogP contribution >= 0.6 is 12.2 Å². The second-order valence-electron chi connectivity index (χ2n) is 5.68.